The van der Waals surface area contributed by atoms with Gasteiger partial charge in [-0.25, -0.2) is 11.6 Å². The highest BCUT2D eigenvalue weighted by Gasteiger charge is 2.15. The molecule has 0 saturated heterocycles. The molecular weight excluding hydrogens is 388 g/mol. The highest BCUT2D eigenvalue weighted by molar-refractivity contribution is 9.10. The van der Waals surface area contributed by atoms with Crippen molar-refractivity contribution in [3.8, 4) is 11.3 Å². The topological polar surface area (TPSA) is 33.7 Å². The maximum Gasteiger partial charge on any atom is 0.214 e. The Morgan fingerprint density at radius 3 is 2.77 bits per heavy atom. The fourth-order valence-electron chi connectivity index (χ4n) is 3.03. The van der Waals surface area contributed by atoms with Crippen LogP contribution in [-0.2, 0) is 0 Å². The zero-order chi connectivity index (χ0) is 18.4. The number of hydrogen-bond donors (Lipinski definition) is 1. The Morgan fingerprint density at radius 1 is 1.15 bits per heavy atom. The van der Waals surface area contributed by atoms with Crippen LogP contribution < -0.4 is 5.32 Å². The van der Waals surface area contributed by atoms with E-state index < -0.39 is 0 Å². The highest BCUT2D eigenvalue weighted by Crippen LogP contribution is 2.33. The maximum atomic E-state index is 6.83. The van der Waals surface area contributed by atoms with Crippen molar-refractivity contribution >= 4 is 27.4 Å². The van der Waals surface area contributed by atoms with Gasteiger partial charge in [0.05, 0.1) is 0 Å². The Balaban J connectivity index is 1.82. The van der Waals surface area contributed by atoms with Crippen LogP contribution in [0, 0.1) is 13.5 Å². The van der Waals surface area contributed by atoms with Gasteiger partial charge in [0.25, 0.3) is 0 Å². The third kappa shape index (κ3) is 4.25. The van der Waals surface area contributed by atoms with Crippen LogP contribution >= 0.6 is 15.9 Å². The number of hydrogen-bond acceptors (Lipinski definition) is 2. The summed E-state index contributed by atoms with van der Waals surface area (Å²) < 4.78 is 3.17. The molecule has 0 aliphatic heterocycles. The van der Waals surface area contributed by atoms with Crippen molar-refractivity contribution in [1.29, 1.82) is 0 Å². The molecule has 3 aromatic rings. The molecule has 4 nitrogen and oxygen atoms in total. The number of anilines is 1. The maximum absolute atomic E-state index is 6.83. The molecule has 0 aliphatic rings. The van der Waals surface area contributed by atoms with Crippen LogP contribution in [0.4, 0.5) is 5.82 Å². The van der Waals surface area contributed by atoms with E-state index in [1.807, 2.05) is 18.2 Å². The summed E-state index contributed by atoms with van der Waals surface area (Å²) in [5, 5.41) is 3.59. The van der Waals surface area contributed by atoms with Crippen molar-refractivity contribution < 1.29 is 0 Å². The van der Waals surface area contributed by atoms with E-state index in [-0.39, 0.29) is 0 Å². The van der Waals surface area contributed by atoms with E-state index in [4.69, 9.17) is 11.6 Å². The van der Waals surface area contributed by atoms with Crippen molar-refractivity contribution in [2.75, 3.05) is 18.4 Å². The minimum Gasteiger partial charge on any atom is -0.369 e. The lowest BCUT2D eigenvalue weighted by atomic mass is 10.1. The molecule has 0 aliphatic carbocycles. The molecular formula is C21H23BrN4. The number of halogens is 1. The number of aryl methyl sites for hydroxylation is 1. The van der Waals surface area contributed by atoms with Crippen LogP contribution in [0.3, 0.4) is 0 Å². The molecule has 1 aromatic carbocycles. The number of rotatable bonds is 8. The Labute approximate surface area is 163 Å². The Hall–Kier alpha value is -2.32. The van der Waals surface area contributed by atoms with Gasteiger partial charge in [0.2, 0.25) is 6.54 Å². The number of aromatic nitrogens is 2. The van der Waals surface area contributed by atoms with E-state index in [1.54, 1.807) is 0 Å². The minimum atomic E-state index is 0.645. The molecule has 0 spiro atoms. The summed E-state index contributed by atoms with van der Waals surface area (Å²) in [4.78, 5) is 8.29. The summed E-state index contributed by atoms with van der Waals surface area (Å²) in [6, 6.07) is 12.4. The van der Waals surface area contributed by atoms with Crippen molar-refractivity contribution in [1.82, 2.24) is 9.38 Å². The van der Waals surface area contributed by atoms with Gasteiger partial charge in [-0.05, 0) is 43.5 Å². The third-order valence-electron chi connectivity index (χ3n) is 4.40. The second-order valence-electron chi connectivity index (χ2n) is 6.44. The van der Waals surface area contributed by atoms with Crippen LogP contribution in [0.1, 0.15) is 31.2 Å². The summed E-state index contributed by atoms with van der Waals surface area (Å²) in [6.45, 7) is 10.5. The van der Waals surface area contributed by atoms with Gasteiger partial charge in [0, 0.05) is 29.2 Å². The fourth-order valence-corrected chi connectivity index (χ4v) is 3.51. The van der Waals surface area contributed by atoms with E-state index in [0.29, 0.717) is 6.54 Å². The van der Waals surface area contributed by atoms with Gasteiger partial charge in [-0.3, -0.25) is 4.40 Å². The molecule has 0 saturated carbocycles. The average Bonchev–Trinajstić information content (AvgIpc) is 2.98. The number of nitrogens with zero attached hydrogens (tertiary/aromatic N) is 3. The smallest absolute Gasteiger partial charge is 0.214 e. The van der Waals surface area contributed by atoms with E-state index >= 15 is 0 Å². The molecule has 3 rings (SSSR count). The molecule has 26 heavy (non-hydrogen) atoms. The molecule has 1 N–H and O–H groups in total. The Kier molecular flexibility index (Phi) is 6.30. The lowest BCUT2D eigenvalue weighted by Gasteiger charge is -2.10. The van der Waals surface area contributed by atoms with Gasteiger partial charge in [-0.15, -0.1) is 0 Å². The van der Waals surface area contributed by atoms with Crippen LogP contribution in [-0.4, -0.2) is 22.5 Å². The summed E-state index contributed by atoms with van der Waals surface area (Å²) in [5.74, 6) is 1.04. The predicted molar refractivity (Wildman–Crippen MR) is 111 cm³/mol. The number of pyridine rings is 1. The molecule has 5 heteroatoms. The fraction of sp³-hybridized carbons (Fsp3) is 0.333. The van der Waals surface area contributed by atoms with Crippen molar-refractivity contribution in [2.45, 2.75) is 32.6 Å². The van der Waals surface area contributed by atoms with E-state index in [2.05, 4.69) is 61.8 Å². The van der Waals surface area contributed by atoms with Crippen molar-refractivity contribution in [2.24, 2.45) is 0 Å². The number of nitrogens with one attached hydrogen (secondary N) is 1. The Bertz CT molecular complexity index is 923. The Morgan fingerprint density at radius 2 is 1.96 bits per heavy atom. The van der Waals surface area contributed by atoms with Gasteiger partial charge >= 0.3 is 0 Å². The van der Waals surface area contributed by atoms with Gasteiger partial charge < -0.3 is 10.2 Å². The van der Waals surface area contributed by atoms with Gasteiger partial charge in [-0.2, -0.15) is 0 Å². The lowest BCUT2D eigenvalue weighted by molar-refractivity contribution is 0.677. The first-order valence-electron chi connectivity index (χ1n) is 9.01. The molecule has 0 fully saturated rings. The average molecular weight is 411 g/mol. The summed E-state index contributed by atoms with van der Waals surface area (Å²) in [5.41, 5.74) is 4.22. The molecule has 0 bridgehead atoms. The SMILES string of the molecule is [C-]#[N+]CCCCCCNc1c(-c2ccccc2Br)nc2cc(C)ccn12. The minimum absolute atomic E-state index is 0.645. The number of unbranched alkanes of at least 4 members (excludes halogenated alkanes) is 3. The molecule has 0 radical (unpaired) electrons. The first-order valence-corrected chi connectivity index (χ1v) is 9.80. The second kappa shape index (κ2) is 8.86. The third-order valence-corrected chi connectivity index (χ3v) is 5.09. The number of fused-ring (bicyclic) bond motifs is 1. The van der Waals surface area contributed by atoms with Crippen LogP contribution in [0.25, 0.3) is 21.7 Å². The van der Waals surface area contributed by atoms with Gasteiger partial charge in [0.15, 0.2) is 0 Å². The standard InChI is InChI=1S/C21H23BrN4/c1-16-11-14-26-19(15-16)25-20(17-9-5-6-10-18(17)22)21(26)24-13-8-4-3-7-12-23-2/h5-6,9-11,14-15,24H,3-4,7-8,12-13H2,1H3. The zero-order valence-corrected chi connectivity index (χ0v) is 16.6. The molecule has 2 heterocycles. The van der Waals surface area contributed by atoms with Crippen LogP contribution in [0.5, 0.6) is 0 Å². The van der Waals surface area contributed by atoms with Gasteiger partial charge in [0.1, 0.15) is 17.2 Å². The first kappa shape index (κ1) is 18.5. The number of imidazole rings is 1. The van der Waals surface area contributed by atoms with E-state index in [0.717, 1.165) is 59.4 Å². The normalized spacial score (nSPS) is 10.8. The largest absolute Gasteiger partial charge is 0.369 e. The lowest BCUT2D eigenvalue weighted by Crippen LogP contribution is -2.05. The van der Waals surface area contributed by atoms with Gasteiger partial charge in [-0.1, -0.05) is 40.5 Å². The van der Waals surface area contributed by atoms with Crippen LogP contribution in [0.15, 0.2) is 47.1 Å². The monoisotopic (exact) mass is 410 g/mol. The highest BCUT2D eigenvalue weighted by atomic mass is 79.9. The summed E-state index contributed by atoms with van der Waals surface area (Å²) in [6.07, 6.45) is 6.43. The molecule has 0 unspecified atom stereocenters. The van der Waals surface area contributed by atoms with Crippen molar-refractivity contribution in [3.05, 3.63) is 64.0 Å². The van der Waals surface area contributed by atoms with E-state index in [9.17, 15) is 0 Å². The second-order valence-corrected chi connectivity index (χ2v) is 7.30. The van der Waals surface area contributed by atoms with E-state index in [1.165, 1.54) is 5.56 Å². The predicted octanol–water partition coefficient (Wildman–Crippen LogP) is 5.96. The molecule has 0 amide bonds. The zero-order valence-electron chi connectivity index (χ0n) is 15.0. The van der Waals surface area contributed by atoms with Crippen molar-refractivity contribution in [3.63, 3.8) is 0 Å². The van der Waals surface area contributed by atoms with Crippen LogP contribution in [0.2, 0.25) is 0 Å². The summed E-state index contributed by atoms with van der Waals surface area (Å²) in [7, 11) is 0. The summed E-state index contributed by atoms with van der Waals surface area (Å²) >= 11 is 3.65. The first-order chi connectivity index (χ1) is 12.7. The molecule has 134 valence electrons. The molecule has 2 aromatic heterocycles. The quantitative estimate of drug-likeness (QED) is 0.366. The number of benzene rings is 1. The molecule has 0 atom stereocenters.